The molecule has 0 aliphatic heterocycles. The molecule has 0 heterocycles. The summed E-state index contributed by atoms with van der Waals surface area (Å²) >= 11 is 2.20. The number of carbonyl (C=O) groups is 2. The number of hydrogen-bond acceptors (Lipinski definition) is 2. The average molecular weight is 374 g/mol. The fourth-order valence-electron chi connectivity index (χ4n) is 1.50. The van der Waals surface area contributed by atoms with Crippen molar-refractivity contribution in [1.29, 1.82) is 0 Å². The third-order valence-corrected chi connectivity index (χ3v) is 3.32. The van der Waals surface area contributed by atoms with Gasteiger partial charge in [-0.15, -0.1) is 0 Å². The Hall–Kier alpha value is -1.11. The molecule has 0 atom stereocenters. The predicted octanol–water partition coefficient (Wildman–Crippen LogP) is 2.70. The molecule has 0 aliphatic rings. The highest BCUT2D eigenvalue weighted by Crippen LogP contribution is 2.17. The normalized spacial score (nSPS) is 10.4. The van der Waals surface area contributed by atoms with E-state index in [1.807, 2.05) is 19.1 Å². The number of carbonyl (C=O) groups excluding carboxylic acids is 2. The third kappa shape index (κ3) is 5.59. The molecule has 0 aromatic heterocycles. The number of nitrogens with one attached hydrogen (secondary N) is 2. The van der Waals surface area contributed by atoms with Crippen molar-refractivity contribution in [2.75, 3.05) is 11.9 Å². The quantitative estimate of drug-likeness (QED) is 0.629. The zero-order valence-corrected chi connectivity index (χ0v) is 13.6. The Morgan fingerprint density at radius 3 is 2.53 bits per heavy atom. The van der Waals surface area contributed by atoms with E-state index >= 15 is 0 Å². The molecule has 0 saturated heterocycles. The van der Waals surface area contributed by atoms with Crippen LogP contribution in [-0.2, 0) is 9.59 Å². The Bertz CT molecular complexity index is 473. The number of halogens is 1. The van der Waals surface area contributed by atoms with Crippen molar-refractivity contribution in [2.24, 2.45) is 5.92 Å². The van der Waals surface area contributed by atoms with Crippen LogP contribution in [0.1, 0.15) is 25.8 Å². The minimum Gasteiger partial charge on any atom is -0.348 e. The van der Waals surface area contributed by atoms with Crippen LogP contribution in [0.25, 0.3) is 0 Å². The summed E-state index contributed by atoms with van der Waals surface area (Å²) in [5.74, 6) is -0.700. The van der Waals surface area contributed by atoms with Crippen molar-refractivity contribution in [3.05, 3.63) is 27.3 Å². The summed E-state index contributed by atoms with van der Waals surface area (Å²) in [6.07, 6.45) is 0.863. The van der Waals surface area contributed by atoms with Gasteiger partial charge in [0, 0.05) is 15.8 Å². The minimum atomic E-state index is -0.618. The molecule has 0 unspecified atom stereocenters. The van der Waals surface area contributed by atoms with Crippen LogP contribution in [0.4, 0.5) is 5.69 Å². The van der Waals surface area contributed by atoms with Crippen LogP contribution >= 0.6 is 22.6 Å². The van der Waals surface area contributed by atoms with Crippen LogP contribution in [0, 0.1) is 16.4 Å². The van der Waals surface area contributed by atoms with E-state index in [9.17, 15) is 9.59 Å². The summed E-state index contributed by atoms with van der Waals surface area (Å²) in [6.45, 7) is 6.56. The molecule has 1 aromatic rings. The lowest BCUT2D eigenvalue weighted by atomic mass is 10.1. The summed E-state index contributed by atoms with van der Waals surface area (Å²) in [4.78, 5) is 23.3. The SMILES string of the molecule is Cc1cc(I)ccc1NC(=O)C(=O)NCCC(C)C. The molecule has 0 radical (unpaired) electrons. The van der Waals surface area contributed by atoms with Gasteiger partial charge in [0.1, 0.15) is 0 Å². The highest BCUT2D eigenvalue weighted by atomic mass is 127. The van der Waals surface area contributed by atoms with Crippen LogP contribution in [-0.4, -0.2) is 18.4 Å². The summed E-state index contributed by atoms with van der Waals surface area (Å²) < 4.78 is 1.09. The first-order valence-electron chi connectivity index (χ1n) is 6.25. The molecule has 1 aromatic carbocycles. The van der Waals surface area contributed by atoms with Gasteiger partial charge in [-0.2, -0.15) is 0 Å². The highest BCUT2D eigenvalue weighted by Gasteiger charge is 2.14. The first-order chi connectivity index (χ1) is 8.90. The second-order valence-corrected chi connectivity index (χ2v) is 6.10. The number of aryl methyl sites for hydroxylation is 1. The summed E-state index contributed by atoms with van der Waals surface area (Å²) in [5, 5.41) is 5.23. The van der Waals surface area contributed by atoms with Gasteiger partial charge >= 0.3 is 11.8 Å². The summed E-state index contributed by atoms with van der Waals surface area (Å²) in [6, 6.07) is 5.64. The van der Waals surface area contributed by atoms with Crippen LogP contribution in [0.15, 0.2) is 18.2 Å². The van der Waals surface area contributed by atoms with E-state index in [-0.39, 0.29) is 0 Å². The maximum atomic E-state index is 11.7. The van der Waals surface area contributed by atoms with E-state index in [0.29, 0.717) is 18.2 Å². The molecule has 104 valence electrons. The molecular weight excluding hydrogens is 355 g/mol. The molecule has 2 amide bonds. The minimum absolute atomic E-state index is 0.502. The van der Waals surface area contributed by atoms with E-state index in [1.165, 1.54) is 0 Å². The smallest absolute Gasteiger partial charge is 0.313 e. The van der Waals surface area contributed by atoms with Crippen LogP contribution in [0.3, 0.4) is 0 Å². The Balaban J connectivity index is 2.52. The topological polar surface area (TPSA) is 58.2 Å². The zero-order chi connectivity index (χ0) is 14.4. The average Bonchev–Trinajstić information content (AvgIpc) is 2.32. The summed E-state index contributed by atoms with van der Waals surface area (Å²) in [7, 11) is 0. The molecule has 0 fully saturated rings. The zero-order valence-electron chi connectivity index (χ0n) is 11.4. The molecule has 4 nitrogen and oxygen atoms in total. The van der Waals surface area contributed by atoms with Crippen molar-refractivity contribution in [1.82, 2.24) is 5.32 Å². The van der Waals surface area contributed by atoms with Gasteiger partial charge in [-0.25, -0.2) is 0 Å². The van der Waals surface area contributed by atoms with Crippen molar-refractivity contribution >= 4 is 40.1 Å². The van der Waals surface area contributed by atoms with Crippen molar-refractivity contribution < 1.29 is 9.59 Å². The Morgan fingerprint density at radius 2 is 1.95 bits per heavy atom. The molecule has 2 N–H and O–H groups in total. The van der Waals surface area contributed by atoms with Crippen LogP contribution in [0.2, 0.25) is 0 Å². The highest BCUT2D eigenvalue weighted by molar-refractivity contribution is 14.1. The standard InChI is InChI=1S/C14H19IN2O2/c1-9(2)6-7-16-13(18)14(19)17-12-5-4-11(15)8-10(12)3/h4-5,8-9H,6-7H2,1-3H3,(H,16,18)(H,17,19). The summed E-state index contributed by atoms with van der Waals surface area (Å²) in [5.41, 5.74) is 1.61. The lowest BCUT2D eigenvalue weighted by molar-refractivity contribution is -0.136. The number of anilines is 1. The van der Waals surface area contributed by atoms with Crippen molar-refractivity contribution in [3.63, 3.8) is 0 Å². The van der Waals surface area contributed by atoms with Gasteiger partial charge in [0.2, 0.25) is 0 Å². The van der Waals surface area contributed by atoms with Gasteiger partial charge in [-0.1, -0.05) is 13.8 Å². The number of hydrogen-bond donors (Lipinski definition) is 2. The second-order valence-electron chi connectivity index (χ2n) is 4.85. The number of benzene rings is 1. The van der Waals surface area contributed by atoms with Gasteiger partial charge in [0.05, 0.1) is 0 Å². The van der Waals surface area contributed by atoms with Gasteiger partial charge in [-0.05, 0) is 65.6 Å². The van der Waals surface area contributed by atoms with E-state index in [1.54, 1.807) is 6.07 Å². The molecule has 5 heteroatoms. The van der Waals surface area contributed by atoms with Crippen molar-refractivity contribution in [2.45, 2.75) is 27.2 Å². The second kappa shape index (κ2) is 7.47. The predicted molar refractivity (Wildman–Crippen MR) is 85.0 cm³/mol. The van der Waals surface area contributed by atoms with Gasteiger partial charge in [0.15, 0.2) is 0 Å². The lowest BCUT2D eigenvalue weighted by Gasteiger charge is -2.09. The first kappa shape index (κ1) is 15.9. The molecule has 1 rings (SSSR count). The molecule has 0 spiro atoms. The van der Waals surface area contributed by atoms with Crippen LogP contribution in [0.5, 0.6) is 0 Å². The molecule has 0 bridgehead atoms. The lowest BCUT2D eigenvalue weighted by Crippen LogP contribution is -2.36. The van der Waals surface area contributed by atoms with Gasteiger partial charge < -0.3 is 10.6 Å². The largest absolute Gasteiger partial charge is 0.348 e. The van der Waals surface area contributed by atoms with Crippen molar-refractivity contribution in [3.8, 4) is 0 Å². The van der Waals surface area contributed by atoms with E-state index in [4.69, 9.17) is 0 Å². The van der Waals surface area contributed by atoms with E-state index in [0.717, 1.165) is 15.6 Å². The molecule has 0 saturated carbocycles. The number of amides is 2. The fourth-order valence-corrected chi connectivity index (χ4v) is 2.15. The maximum Gasteiger partial charge on any atom is 0.313 e. The van der Waals surface area contributed by atoms with Gasteiger partial charge in [0.25, 0.3) is 0 Å². The van der Waals surface area contributed by atoms with E-state index < -0.39 is 11.8 Å². The fraction of sp³-hybridized carbons (Fsp3) is 0.429. The number of rotatable bonds is 4. The van der Waals surface area contributed by atoms with Gasteiger partial charge in [-0.3, -0.25) is 9.59 Å². The first-order valence-corrected chi connectivity index (χ1v) is 7.33. The Kier molecular flexibility index (Phi) is 6.27. The Morgan fingerprint density at radius 1 is 1.26 bits per heavy atom. The monoisotopic (exact) mass is 374 g/mol. The van der Waals surface area contributed by atoms with Crippen LogP contribution < -0.4 is 10.6 Å². The molecule has 0 aliphatic carbocycles. The maximum absolute atomic E-state index is 11.7. The molecule has 19 heavy (non-hydrogen) atoms. The van der Waals surface area contributed by atoms with E-state index in [2.05, 4.69) is 47.1 Å². The molecular formula is C14H19IN2O2. The third-order valence-electron chi connectivity index (χ3n) is 2.65. The Labute approximate surface area is 127 Å².